The fourth-order valence-electron chi connectivity index (χ4n) is 4.19. The Balaban J connectivity index is 1.37. The molecular weight excluding hydrogens is 252 g/mol. The fraction of sp³-hybridized carbons (Fsp3) is 1.00. The number of piperidine rings is 1. The SMILES string of the molecule is NCCOC1CCN(CC2CCC3(CCCC3)O2)CC1. The maximum Gasteiger partial charge on any atom is 0.0710 e. The van der Waals surface area contributed by atoms with Crippen molar-refractivity contribution in [3.05, 3.63) is 0 Å². The highest BCUT2D eigenvalue weighted by Crippen LogP contribution is 2.43. The first-order valence-electron chi connectivity index (χ1n) is 8.51. The summed E-state index contributed by atoms with van der Waals surface area (Å²) in [6.07, 6.45) is 11.1. The molecule has 4 nitrogen and oxygen atoms in total. The summed E-state index contributed by atoms with van der Waals surface area (Å²) in [5.41, 5.74) is 5.77. The van der Waals surface area contributed by atoms with Gasteiger partial charge in [0.15, 0.2) is 0 Å². The third kappa shape index (κ3) is 3.53. The molecular formula is C16H30N2O2. The van der Waals surface area contributed by atoms with E-state index in [2.05, 4.69) is 4.90 Å². The second kappa shape index (κ2) is 6.73. The van der Waals surface area contributed by atoms with Crippen molar-refractivity contribution in [1.82, 2.24) is 4.90 Å². The van der Waals surface area contributed by atoms with Crippen molar-refractivity contribution in [2.24, 2.45) is 5.73 Å². The standard InChI is InChI=1S/C16H30N2O2/c17-9-12-19-14-4-10-18(11-5-14)13-15-3-8-16(20-15)6-1-2-7-16/h14-15H,1-13,17H2. The fourth-order valence-corrected chi connectivity index (χ4v) is 4.19. The van der Waals surface area contributed by atoms with E-state index in [-0.39, 0.29) is 5.60 Å². The average molecular weight is 282 g/mol. The zero-order chi connectivity index (χ0) is 13.8. The molecule has 2 N–H and O–H groups in total. The molecule has 116 valence electrons. The van der Waals surface area contributed by atoms with Crippen LogP contribution in [-0.2, 0) is 9.47 Å². The molecule has 1 aliphatic carbocycles. The maximum atomic E-state index is 6.41. The monoisotopic (exact) mass is 282 g/mol. The van der Waals surface area contributed by atoms with Crippen LogP contribution < -0.4 is 5.73 Å². The van der Waals surface area contributed by atoms with E-state index in [0.29, 0.717) is 25.4 Å². The largest absolute Gasteiger partial charge is 0.377 e. The Morgan fingerprint density at radius 3 is 2.55 bits per heavy atom. The van der Waals surface area contributed by atoms with Gasteiger partial charge in [-0.1, -0.05) is 12.8 Å². The summed E-state index contributed by atoms with van der Waals surface area (Å²) in [6, 6.07) is 0. The van der Waals surface area contributed by atoms with Gasteiger partial charge >= 0.3 is 0 Å². The Hall–Kier alpha value is -0.160. The molecule has 0 aromatic carbocycles. The smallest absolute Gasteiger partial charge is 0.0710 e. The lowest BCUT2D eigenvalue weighted by Crippen LogP contribution is -2.42. The highest BCUT2D eigenvalue weighted by atomic mass is 16.5. The van der Waals surface area contributed by atoms with Crippen LogP contribution in [0.3, 0.4) is 0 Å². The molecule has 2 saturated heterocycles. The Labute approximate surface area is 123 Å². The first kappa shape index (κ1) is 14.8. The first-order valence-corrected chi connectivity index (χ1v) is 8.51. The van der Waals surface area contributed by atoms with E-state index in [0.717, 1.165) is 32.5 Å². The Morgan fingerprint density at radius 2 is 1.85 bits per heavy atom. The quantitative estimate of drug-likeness (QED) is 0.837. The van der Waals surface area contributed by atoms with Gasteiger partial charge in [-0.3, -0.25) is 0 Å². The zero-order valence-electron chi connectivity index (χ0n) is 12.7. The molecule has 20 heavy (non-hydrogen) atoms. The normalized spacial score (nSPS) is 31.4. The third-order valence-electron chi connectivity index (χ3n) is 5.32. The van der Waals surface area contributed by atoms with Gasteiger partial charge in [0.25, 0.3) is 0 Å². The van der Waals surface area contributed by atoms with Gasteiger partial charge in [0.05, 0.1) is 24.4 Å². The van der Waals surface area contributed by atoms with Gasteiger partial charge in [0.1, 0.15) is 0 Å². The van der Waals surface area contributed by atoms with Gasteiger partial charge in [-0.2, -0.15) is 0 Å². The van der Waals surface area contributed by atoms with E-state index in [1.54, 1.807) is 0 Å². The lowest BCUT2D eigenvalue weighted by Gasteiger charge is -2.34. The van der Waals surface area contributed by atoms with Crippen LogP contribution in [0.2, 0.25) is 0 Å². The molecule has 1 atom stereocenters. The van der Waals surface area contributed by atoms with E-state index >= 15 is 0 Å². The average Bonchev–Trinajstić information content (AvgIpc) is 3.09. The number of hydrogen-bond acceptors (Lipinski definition) is 4. The number of nitrogens with two attached hydrogens (primary N) is 1. The molecule has 0 radical (unpaired) electrons. The maximum absolute atomic E-state index is 6.41. The molecule has 2 aliphatic heterocycles. The number of rotatable bonds is 5. The molecule has 1 unspecified atom stereocenters. The summed E-state index contributed by atoms with van der Waals surface area (Å²) < 4.78 is 12.2. The van der Waals surface area contributed by atoms with Gasteiger partial charge in [0, 0.05) is 26.2 Å². The predicted molar refractivity (Wildman–Crippen MR) is 79.8 cm³/mol. The van der Waals surface area contributed by atoms with Gasteiger partial charge in [-0.25, -0.2) is 0 Å². The van der Waals surface area contributed by atoms with E-state index in [9.17, 15) is 0 Å². The Morgan fingerprint density at radius 1 is 1.10 bits per heavy atom. The molecule has 3 rings (SSSR count). The molecule has 0 aromatic rings. The van der Waals surface area contributed by atoms with Gasteiger partial charge in [0.2, 0.25) is 0 Å². The molecule has 0 amide bonds. The van der Waals surface area contributed by atoms with Crippen molar-refractivity contribution in [3.63, 3.8) is 0 Å². The summed E-state index contributed by atoms with van der Waals surface area (Å²) >= 11 is 0. The van der Waals surface area contributed by atoms with Crippen molar-refractivity contribution >= 4 is 0 Å². The minimum atomic E-state index is 0.285. The van der Waals surface area contributed by atoms with Crippen LogP contribution in [0.15, 0.2) is 0 Å². The van der Waals surface area contributed by atoms with Gasteiger partial charge in [-0.15, -0.1) is 0 Å². The molecule has 3 aliphatic rings. The lowest BCUT2D eigenvalue weighted by molar-refractivity contribution is -0.0558. The van der Waals surface area contributed by atoms with Crippen LogP contribution in [0.25, 0.3) is 0 Å². The van der Waals surface area contributed by atoms with Crippen LogP contribution in [-0.4, -0.2) is 55.5 Å². The molecule has 3 fully saturated rings. The molecule has 2 heterocycles. The molecule has 0 aromatic heterocycles. The van der Waals surface area contributed by atoms with E-state index in [4.69, 9.17) is 15.2 Å². The number of nitrogens with zero attached hydrogens (tertiary/aromatic N) is 1. The number of ether oxygens (including phenoxy) is 2. The van der Waals surface area contributed by atoms with E-state index < -0.39 is 0 Å². The van der Waals surface area contributed by atoms with E-state index in [1.165, 1.54) is 38.5 Å². The minimum Gasteiger partial charge on any atom is -0.377 e. The van der Waals surface area contributed by atoms with Crippen LogP contribution in [0, 0.1) is 0 Å². The van der Waals surface area contributed by atoms with Crippen molar-refractivity contribution in [2.75, 3.05) is 32.8 Å². The summed E-state index contributed by atoms with van der Waals surface area (Å²) in [4.78, 5) is 2.57. The first-order chi connectivity index (χ1) is 9.80. The zero-order valence-corrected chi connectivity index (χ0v) is 12.7. The van der Waals surface area contributed by atoms with Crippen LogP contribution in [0.4, 0.5) is 0 Å². The Kier molecular flexibility index (Phi) is 4.97. The van der Waals surface area contributed by atoms with Crippen LogP contribution >= 0.6 is 0 Å². The number of hydrogen-bond donors (Lipinski definition) is 1. The molecule has 1 saturated carbocycles. The topological polar surface area (TPSA) is 47.7 Å². The van der Waals surface area contributed by atoms with E-state index in [1.807, 2.05) is 0 Å². The summed E-state index contributed by atoms with van der Waals surface area (Å²) in [6.45, 7) is 4.78. The van der Waals surface area contributed by atoms with Crippen molar-refractivity contribution < 1.29 is 9.47 Å². The third-order valence-corrected chi connectivity index (χ3v) is 5.32. The second-order valence-electron chi connectivity index (χ2n) is 6.83. The van der Waals surface area contributed by atoms with Crippen LogP contribution in [0.5, 0.6) is 0 Å². The molecule has 0 bridgehead atoms. The molecule has 1 spiro atoms. The summed E-state index contributed by atoms with van der Waals surface area (Å²) in [5.74, 6) is 0. The molecule has 4 heteroatoms. The lowest BCUT2D eigenvalue weighted by atomic mass is 9.98. The second-order valence-corrected chi connectivity index (χ2v) is 6.83. The number of likely N-dealkylation sites (tertiary alicyclic amines) is 1. The summed E-state index contributed by atoms with van der Waals surface area (Å²) in [5, 5.41) is 0. The van der Waals surface area contributed by atoms with Crippen LogP contribution in [0.1, 0.15) is 51.4 Å². The van der Waals surface area contributed by atoms with Gasteiger partial charge < -0.3 is 20.1 Å². The minimum absolute atomic E-state index is 0.285. The van der Waals surface area contributed by atoms with Gasteiger partial charge in [-0.05, 0) is 38.5 Å². The summed E-state index contributed by atoms with van der Waals surface area (Å²) in [7, 11) is 0. The highest BCUT2D eigenvalue weighted by molar-refractivity contribution is 4.93. The van der Waals surface area contributed by atoms with Crippen molar-refractivity contribution in [3.8, 4) is 0 Å². The van der Waals surface area contributed by atoms with Crippen molar-refractivity contribution in [1.29, 1.82) is 0 Å². The predicted octanol–water partition coefficient (Wildman–Crippen LogP) is 1.92. The van der Waals surface area contributed by atoms with Crippen molar-refractivity contribution in [2.45, 2.75) is 69.2 Å². The Bertz CT molecular complexity index is 297. The highest BCUT2D eigenvalue weighted by Gasteiger charge is 2.42.